The summed E-state index contributed by atoms with van der Waals surface area (Å²) in [4.78, 5) is 12.1. The largest absolute Gasteiger partial charge is 0.489 e. The quantitative estimate of drug-likeness (QED) is 0.485. The van der Waals surface area contributed by atoms with Crippen molar-refractivity contribution in [3.05, 3.63) is 100 Å². The van der Waals surface area contributed by atoms with E-state index < -0.39 is 0 Å². The van der Waals surface area contributed by atoms with Crippen molar-refractivity contribution in [3.63, 3.8) is 0 Å². The summed E-state index contributed by atoms with van der Waals surface area (Å²) in [5, 5.41) is 4.62. The SMILES string of the molecule is Cc1ccc(OCc2ccc(C(=O)NN=Cc3ccc(Cl)cc3)cc2)cc1. The second-order valence-electron chi connectivity index (χ2n) is 6.05. The number of hydrogen-bond donors (Lipinski definition) is 1. The van der Waals surface area contributed by atoms with E-state index in [1.54, 1.807) is 30.5 Å². The number of benzene rings is 3. The molecule has 0 saturated carbocycles. The Labute approximate surface area is 163 Å². The molecule has 1 amide bonds. The van der Waals surface area contributed by atoms with Crippen molar-refractivity contribution in [2.75, 3.05) is 0 Å². The van der Waals surface area contributed by atoms with E-state index in [0.29, 0.717) is 17.2 Å². The van der Waals surface area contributed by atoms with Crippen LogP contribution >= 0.6 is 11.6 Å². The van der Waals surface area contributed by atoms with Crippen LogP contribution < -0.4 is 10.2 Å². The van der Waals surface area contributed by atoms with Crippen molar-refractivity contribution in [2.24, 2.45) is 5.10 Å². The Bertz CT molecular complexity index is 918. The van der Waals surface area contributed by atoms with Crippen molar-refractivity contribution in [2.45, 2.75) is 13.5 Å². The minimum Gasteiger partial charge on any atom is -0.489 e. The van der Waals surface area contributed by atoms with Gasteiger partial charge in [0.25, 0.3) is 5.91 Å². The van der Waals surface area contributed by atoms with E-state index in [-0.39, 0.29) is 5.91 Å². The van der Waals surface area contributed by atoms with E-state index in [2.05, 4.69) is 10.5 Å². The van der Waals surface area contributed by atoms with Gasteiger partial charge in [-0.2, -0.15) is 5.10 Å². The van der Waals surface area contributed by atoms with Crippen molar-refractivity contribution < 1.29 is 9.53 Å². The third kappa shape index (κ3) is 5.69. The maximum absolute atomic E-state index is 12.1. The number of rotatable bonds is 6. The number of nitrogens with zero attached hydrogens (tertiary/aromatic N) is 1. The highest BCUT2D eigenvalue weighted by Gasteiger charge is 2.04. The van der Waals surface area contributed by atoms with Crippen molar-refractivity contribution in [3.8, 4) is 5.75 Å². The Hall–Kier alpha value is -3.11. The summed E-state index contributed by atoms with van der Waals surface area (Å²) in [5.41, 5.74) is 6.07. The monoisotopic (exact) mass is 378 g/mol. The van der Waals surface area contributed by atoms with Crippen molar-refractivity contribution >= 4 is 23.7 Å². The molecule has 0 fully saturated rings. The summed E-state index contributed by atoms with van der Waals surface area (Å²) in [5.74, 6) is 0.546. The highest BCUT2D eigenvalue weighted by Crippen LogP contribution is 2.14. The van der Waals surface area contributed by atoms with Crippen LogP contribution in [-0.2, 0) is 6.61 Å². The number of nitrogens with one attached hydrogen (secondary N) is 1. The number of aryl methyl sites for hydroxylation is 1. The predicted molar refractivity (Wildman–Crippen MR) is 108 cm³/mol. The molecule has 27 heavy (non-hydrogen) atoms. The van der Waals surface area contributed by atoms with Crippen LogP contribution in [0.25, 0.3) is 0 Å². The lowest BCUT2D eigenvalue weighted by molar-refractivity contribution is 0.0955. The van der Waals surface area contributed by atoms with E-state index in [0.717, 1.165) is 16.9 Å². The molecule has 0 spiro atoms. The fourth-order valence-corrected chi connectivity index (χ4v) is 2.46. The summed E-state index contributed by atoms with van der Waals surface area (Å²) in [6.07, 6.45) is 1.57. The first-order chi connectivity index (χ1) is 13.1. The number of ether oxygens (including phenoxy) is 1. The van der Waals surface area contributed by atoms with Gasteiger partial charge in [0.1, 0.15) is 12.4 Å². The van der Waals surface area contributed by atoms with Gasteiger partial charge in [0.15, 0.2) is 0 Å². The molecule has 1 N–H and O–H groups in total. The molecule has 0 aliphatic heterocycles. The molecule has 0 radical (unpaired) electrons. The maximum Gasteiger partial charge on any atom is 0.271 e. The lowest BCUT2D eigenvalue weighted by atomic mass is 10.1. The second-order valence-corrected chi connectivity index (χ2v) is 6.49. The molecule has 5 heteroatoms. The standard InChI is InChI=1S/C22H19ClN2O2/c1-16-2-12-21(13-3-16)27-15-18-4-8-19(9-5-18)22(26)25-24-14-17-6-10-20(23)11-7-17/h2-14H,15H2,1H3,(H,25,26). The van der Waals surface area contributed by atoms with Gasteiger partial charge in [0.05, 0.1) is 6.21 Å². The van der Waals surface area contributed by atoms with Gasteiger partial charge in [0, 0.05) is 10.6 Å². The molecule has 0 bridgehead atoms. The van der Waals surface area contributed by atoms with Crippen LogP contribution in [0, 0.1) is 6.92 Å². The highest BCUT2D eigenvalue weighted by molar-refractivity contribution is 6.30. The van der Waals surface area contributed by atoms with Gasteiger partial charge in [-0.25, -0.2) is 5.43 Å². The van der Waals surface area contributed by atoms with E-state index in [9.17, 15) is 4.79 Å². The Morgan fingerprint density at radius 1 is 1.00 bits per heavy atom. The lowest BCUT2D eigenvalue weighted by Crippen LogP contribution is -2.17. The van der Waals surface area contributed by atoms with Crippen molar-refractivity contribution in [1.82, 2.24) is 5.43 Å². The van der Waals surface area contributed by atoms with Gasteiger partial charge in [-0.3, -0.25) is 4.79 Å². The van der Waals surface area contributed by atoms with E-state index in [1.165, 1.54) is 5.56 Å². The molecule has 0 atom stereocenters. The zero-order chi connectivity index (χ0) is 19.1. The normalized spacial score (nSPS) is 10.7. The molecule has 3 aromatic carbocycles. The minimum absolute atomic E-state index is 0.272. The van der Waals surface area contributed by atoms with Gasteiger partial charge in [-0.1, -0.05) is 53.6 Å². The molecule has 3 rings (SSSR count). The Balaban J connectivity index is 1.52. The van der Waals surface area contributed by atoms with E-state index in [4.69, 9.17) is 16.3 Å². The van der Waals surface area contributed by atoms with Gasteiger partial charge in [0.2, 0.25) is 0 Å². The Kier molecular flexibility index (Phi) is 6.23. The summed E-state index contributed by atoms with van der Waals surface area (Å²) in [6.45, 7) is 2.48. The summed E-state index contributed by atoms with van der Waals surface area (Å²) in [6, 6.07) is 22.3. The zero-order valence-corrected chi connectivity index (χ0v) is 15.6. The van der Waals surface area contributed by atoms with E-state index in [1.807, 2.05) is 55.5 Å². The third-order valence-electron chi connectivity index (χ3n) is 3.89. The number of hydrazone groups is 1. The zero-order valence-electron chi connectivity index (χ0n) is 14.9. The first-order valence-corrected chi connectivity index (χ1v) is 8.85. The van der Waals surface area contributed by atoms with E-state index >= 15 is 0 Å². The Morgan fingerprint density at radius 2 is 1.67 bits per heavy atom. The van der Waals surface area contributed by atoms with Crippen LogP contribution in [0.3, 0.4) is 0 Å². The topological polar surface area (TPSA) is 50.7 Å². The number of amides is 1. The molecular formula is C22H19ClN2O2. The van der Waals surface area contributed by atoms with Crippen LogP contribution in [0.15, 0.2) is 77.9 Å². The summed E-state index contributed by atoms with van der Waals surface area (Å²) >= 11 is 5.83. The average molecular weight is 379 g/mol. The van der Waals surface area contributed by atoms with Crippen LogP contribution in [0.5, 0.6) is 5.75 Å². The molecule has 4 nitrogen and oxygen atoms in total. The van der Waals surface area contributed by atoms with Gasteiger partial charge < -0.3 is 4.74 Å². The fourth-order valence-electron chi connectivity index (χ4n) is 2.33. The number of carbonyl (C=O) groups is 1. The van der Waals surface area contributed by atoms with Crippen LogP contribution in [0.4, 0.5) is 0 Å². The molecule has 0 saturated heterocycles. The molecule has 0 aliphatic carbocycles. The lowest BCUT2D eigenvalue weighted by Gasteiger charge is -2.07. The molecule has 0 aromatic heterocycles. The smallest absolute Gasteiger partial charge is 0.271 e. The van der Waals surface area contributed by atoms with Crippen LogP contribution in [-0.4, -0.2) is 12.1 Å². The van der Waals surface area contributed by atoms with Gasteiger partial charge in [-0.15, -0.1) is 0 Å². The number of halogens is 1. The first kappa shape index (κ1) is 18.7. The maximum atomic E-state index is 12.1. The molecule has 136 valence electrons. The first-order valence-electron chi connectivity index (χ1n) is 8.47. The highest BCUT2D eigenvalue weighted by atomic mass is 35.5. The predicted octanol–water partition coefficient (Wildman–Crippen LogP) is 4.99. The summed E-state index contributed by atoms with van der Waals surface area (Å²) < 4.78 is 5.74. The molecule has 3 aromatic rings. The molecule has 0 aliphatic rings. The molecular weight excluding hydrogens is 360 g/mol. The van der Waals surface area contributed by atoms with Crippen LogP contribution in [0.1, 0.15) is 27.0 Å². The summed E-state index contributed by atoms with van der Waals surface area (Å²) in [7, 11) is 0. The van der Waals surface area contributed by atoms with Crippen molar-refractivity contribution in [1.29, 1.82) is 0 Å². The van der Waals surface area contributed by atoms with Gasteiger partial charge >= 0.3 is 0 Å². The second kappa shape index (κ2) is 9.01. The number of hydrogen-bond acceptors (Lipinski definition) is 3. The number of carbonyl (C=O) groups excluding carboxylic acids is 1. The molecule has 0 heterocycles. The Morgan fingerprint density at radius 3 is 2.33 bits per heavy atom. The fraction of sp³-hybridized carbons (Fsp3) is 0.0909. The minimum atomic E-state index is -0.272. The van der Waals surface area contributed by atoms with Gasteiger partial charge in [-0.05, 0) is 54.4 Å². The average Bonchev–Trinajstić information content (AvgIpc) is 2.69. The molecule has 0 unspecified atom stereocenters. The van der Waals surface area contributed by atoms with Crippen LogP contribution in [0.2, 0.25) is 5.02 Å². The third-order valence-corrected chi connectivity index (χ3v) is 4.14.